The molecule has 5 nitrogen and oxygen atoms in total. The van der Waals surface area contributed by atoms with Gasteiger partial charge in [-0.2, -0.15) is 0 Å². The Morgan fingerprint density at radius 3 is 2.07 bits per heavy atom. The average Bonchev–Trinajstić information content (AvgIpc) is 2.73. The molecule has 1 saturated heterocycles. The molecule has 0 aliphatic carbocycles. The number of hydrogen-bond acceptors (Lipinski definition) is 4. The lowest BCUT2D eigenvalue weighted by molar-refractivity contribution is -0.153. The van der Waals surface area contributed by atoms with Gasteiger partial charge in [0.05, 0.1) is 5.92 Å². The molecule has 0 spiro atoms. The van der Waals surface area contributed by atoms with Crippen molar-refractivity contribution in [2.75, 3.05) is 33.2 Å². The zero-order valence-corrected chi connectivity index (χ0v) is 16.4. The fourth-order valence-corrected chi connectivity index (χ4v) is 3.38. The van der Waals surface area contributed by atoms with Crippen LogP contribution < -0.4 is 0 Å². The maximum absolute atomic E-state index is 12.8. The van der Waals surface area contributed by atoms with E-state index in [4.69, 9.17) is 4.74 Å². The van der Waals surface area contributed by atoms with Crippen LogP contribution >= 0.6 is 0 Å². The molecule has 1 aliphatic heterocycles. The Morgan fingerprint density at radius 1 is 0.893 bits per heavy atom. The lowest BCUT2D eigenvalue weighted by Crippen LogP contribution is -2.47. The van der Waals surface area contributed by atoms with Crippen LogP contribution in [-0.4, -0.2) is 54.9 Å². The lowest BCUT2D eigenvalue weighted by atomic mass is 9.95. The van der Waals surface area contributed by atoms with Gasteiger partial charge in [-0.1, -0.05) is 60.7 Å². The summed E-state index contributed by atoms with van der Waals surface area (Å²) in [6, 6.07) is 19.4. The molecule has 0 N–H and O–H groups in total. The zero-order chi connectivity index (χ0) is 19.8. The monoisotopic (exact) mass is 380 g/mol. The van der Waals surface area contributed by atoms with E-state index in [1.54, 1.807) is 0 Å². The topological polar surface area (TPSA) is 49.9 Å². The third kappa shape index (κ3) is 5.92. The average molecular weight is 380 g/mol. The predicted octanol–water partition coefficient (Wildman–Crippen LogP) is 2.75. The van der Waals surface area contributed by atoms with Crippen molar-refractivity contribution in [3.8, 4) is 0 Å². The van der Waals surface area contributed by atoms with Gasteiger partial charge in [0.15, 0.2) is 0 Å². The van der Waals surface area contributed by atoms with Crippen LogP contribution in [0.15, 0.2) is 60.7 Å². The van der Waals surface area contributed by atoms with Gasteiger partial charge in [-0.25, -0.2) is 0 Å². The van der Waals surface area contributed by atoms with Gasteiger partial charge in [0, 0.05) is 32.6 Å². The first-order valence-electron chi connectivity index (χ1n) is 9.82. The summed E-state index contributed by atoms with van der Waals surface area (Å²) >= 11 is 0. The summed E-state index contributed by atoms with van der Waals surface area (Å²) < 4.78 is 5.55. The van der Waals surface area contributed by atoms with Gasteiger partial charge >= 0.3 is 5.97 Å². The Bertz CT molecular complexity index is 756. The number of carbonyl (C=O) groups excluding carboxylic acids is 2. The van der Waals surface area contributed by atoms with Gasteiger partial charge in [-0.05, 0) is 24.6 Å². The molecule has 148 valence electrons. The summed E-state index contributed by atoms with van der Waals surface area (Å²) in [5, 5.41) is 0. The maximum atomic E-state index is 12.8. The number of nitrogens with zero attached hydrogens (tertiary/aromatic N) is 2. The van der Waals surface area contributed by atoms with Gasteiger partial charge in [0.1, 0.15) is 6.61 Å². The molecule has 1 amide bonds. The number of likely N-dealkylation sites (N-methyl/N-ethyl adjacent to an activating group) is 1. The molecule has 2 aromatic rings. The highest BCUT2D eigenvalue weighted by atomic mass is 16.5. The molecule has 1 heterocycles. The first kappa shape index (κ1) is 20.1. The van der Waals surface area contributed by atoms with Gasteiger partial charge in [0.25, 0.3) is 0 Å². The molecule has 0 unspecified atom stereocenters. The minimum atomic E-state index is -0.474. The minimum Gasteiger partial charge on any atom is -0.461 e. The molecule has 0 saturated carbocycles. The van der Waals surface area contributed by atoms with Crippen LogP contribution in [0.3, 0.4) is 0 Å². The van der Waals surface area contributed by atoms with Crippen LogP contribution in [0, 0.1) is 5.92 Å². The second-order valence-corrected chi connectivity index (χ2v) is 7.37. The fraction of sp³-hybridized carbons (Fsp3) is 0.391. The molecule has 1 aliphatic rings. The van der Waals surface area contributed by atoms with Crippen molar-refractivity contribution < 1.29 is 14.3 Å². The van der Waals surface area contributed by atoms with E-state index < -0.39 is 5.92 Å². The molecule has 28 heavy (non-hydrogen) atoms. The number of esters is 1. The third-order valence-electron chi connectivity index (χ3n) is 5.16. The largest absolute Gasteiger partial charge is 0.461 e. The van der Waals surface area contributed by atoms with E-state index in [9.17, 15) is 9.59 Å². The van der Waals surface area contributed by atoms with E-state index in [1.165, 1.54) is 0 Å². The van der Waals surface area contributed by atoms with Crippen molar-refractivity contribution in [3.63, 3.8) is 0 Å². The minimum absolute atomic E-state index is 0.0330. The SMILES string of the molecule is CN1CCN(C(=O)C[C@@H](Cc2ccccc2)C(=O)OCc2ccccc2)CC1. The summed E-state index contributed by atoms with van der Waals surface area (Å²) in [6.45, 7) is 3.40. The molecule has 2 aromatic carbocycles. The van der Waals surface area contributed by atoms with E-state index in [1.807, 2.05) is 65.6 Å². The Morgan fingerprint density at radius 2 is 1.46 bits per heavy atom. The van der Waals surface area contributed by atoms with Gasteiger partial charge in [-0.3, -0.25) is 9.59 Å². The zero-order valence-electron chi connectivity index (χ0n) is 16.4. The Kier molecular flexibility index (Phi) is 7.20. The lowest BCUT2D eigenvalue weighted by Gasteiger charge is -2.33. The highest BCUT2D eigenvalue weighted by Gasteiger charge is 2.27. The summed E-state index contributed by atoms with van der Waals surface area (Å²) in [5.41, 5.74) is 1.98. The van der Waals surface area contributed by atoms with E-state index in [-0.39, 0.29) is 24.9 Å². The molecular weight excluding hydrogens is 352 g/mol. The number of ether oxygens (including phenoxy) is 1. The molecule has 0 bridgehead atoms. The normalized spacial score (nSPS) is 15.8. The van der Waals surface area contributed by atoms with Crippen molar-refractivity contribution in [1.29, 1.82) is 0 Å². The Balaban J connectivity index is 1.63. The summed E-state index contributed by atoms with van der Waals surface area (Å²) in [5.74, 6) is -0.751. The highest BCUT2D eigenvalue weighted by Crippen LogP contribution is 2.18. The molecule has 3 rings (SSSR count). The van der Waals surface area contributed by atoms with Crippen LogP contribution in [0.25, 0.3) is 0 Å². The quantitative estimate of drug-likeness (QED) is 0.693. The summed E-state index contributed by atoms with van der Waals surface area (Å²) in [4.78, 5) is 29.6. The second-order valence-electron chi connectivity index (χ2n) is 7.37. The maximum Gasteiger partial charge on any atom is 0.310 e. The van der Waals surface area contributed by atoms with E-state index in [2.05, 4.69) is 11.9 Å². The van der Waals surface area contributed by atoms with Crippen LogP contribution in [0.4, 0.5) is 0 Å². The molecule has 1 atom stereocenters. The van der Waals surface area contributed by atoms with Gasteiger partial charge < -0.3 is 14.5 Å². The first-order chi connectivity index (χ1) is 13.6. The standard InChI is InChI=1S/C23H28N2O3/c1-24-12-14-25(15-13-24)22(26)17-21(16-19-8-4-2-5-9-19)23(27)28-18-20-10-6-3-7-11-20/h2-11,21H,12-18H2,1H3/t21-/m1/s1. The van der Waals surface area contributed by atoms with Crippen molar-refractivity contribution in [3.05, 3.63) is 71.8 Å². The first-order valence-corrected chi connectivity index (χ1v) is 9.82. The molecule has 5 heteroatoms. The fourth-order valence-electron chi connectivity index (χ4n) is 3.38. The van der Waals surface area contributed by atoms with Crippen LogP contribution in [0.2, 0.25) is 0 Å². The van der Waals surface area contributed by atoms with Gasteiger partial charge in [-0.15, -0.1) is 0 Å². The van der Waals surface area contributed by atoms with Crippen LogP contribution in [0.5, 0.6) is 0 Å². The molecule has 0 radical (unpaired) electrons. The number of hydrogen-bond donors (Lipinski definition) is 0. The van der Waals surface area contributed by atoms with E-state index >= 15 is 0 Å². The number of benzene rings is 2. The second kappa shape index (κ2) is 10.0. The Labute approximate surface area is 166 Å². The predicted molar refractivity (Wildman–Crippen MR) is 109 cm³/mol. The summed E-state index contributed by atoms with van der Waals surface area (Å²) in [6.07, 6.45) is 0.695. The van der Waals surface area contributed by atoms with Crippen molar-refractivity contribution in [1.82, 2.24) is 9.80 Å². The molecule has 1 fully saturated rings. The number of piperazine rings is 1. The van der Waals surface area contributed by atoms with Crippen LogP contribution in [-0.2, 0) is 27.4 Å². The number of amides is 1. The summed E-state index contributed by atoms with van der Waals surface area (Å²) in [7, 11) is 2.06. The van der Waals surface area contributed by atoms with Gasteiger partial charge in [0.2, 0.25) is 5.91 Å². The highest BCUT2D eigenvalue weighted by molar-refractivity contribution is 5.83. The smallest absolute Gasteiger partial charge is 0.310 e. The number of carbonyl (C=O) groups is 2. The molecular formula is C23H28N2O3. The van der Waals surface area contributed by atoms with Crippen molar-refractivity contribution >= 4 is 11.9 Å². The van der Waals surface area contributed by atoms with Crippen molar-refractivity contribution in [2.24, 2.45) is 5.92 Å². The molecule has 0 aromatic heterocycles. The van der Waals surface area contributed by atoms with E-state index in [0.717, 1.165) is 24.2 Å². The van der Waals surface area contributed by atoms with E-state index in [0.29, 0.717) is 19.5 Å². The Hall–Kier alpha value is -2.66. The number of rotatable bonds is 7. The van der Waals surface area contributed by atoms with Crippen molar-refractivity contribution in [2.45, 2.75) is 19.4 Å². The third-order valence-corrected chi connectivity index (χ3v) is 5.16. The van der Waals surface area contributed by atoms with Crippen LogP contribution in [0.1, 0.15) is 17.5 Å².